The summed E-state index contributed by atoms with van der Waals surface area (Å²) in [5.74, 6) is -1.30. The summed E-state index contributed by atoms with van der Waals surface area (Å²) in [5.41, 5.74) is 0.940. The molecule has 3 aromatic rings. The first-order valence-corrected chi connectivity index (χ1v) is 14.1. The second-order valence-corrected chi connectivity index (χ2v) is 10.9. The minimum Gasteiger partial charge on any atom is -0.352 e. The number of nitrogens with one attached hydrogen (secondary N) is 1. The Morgan fingerprint density at radius 2 is 1.45 bits per heavy atom. The van der Waals surface area contributed by atoms with Crippen molar-refractivity contribution in [2.24, 2.45) is 0 Å². The van der Waals surface area contributed by atoms with Gasteiger partial charge in [0.15, 0.2) is 0 Å². The minimum absolute atomic E-state index is 0.0135. The Kier molecular flexibility index (Phi) is 10.0. The normalized spacial score (nSPS) is 12.8. The molecule has 1 N–H and O–H groups in total. The van der Waals surface area contributed by atoms with Gasteiger partial charge in [0, 0.05) is 12.6 Å². The predicted octanol–water partition coefficient (Wildman–Crippen LogP) is 4.74. The van der Waals surface area contributed by atoms with Gasteiger partial charge in [-0.25, -0.2) is 12.8 Å². The third kappa shape index (κ3) is 7.19. The molecule has 0 heterocycles. The average Bonchev–Trinajstić information content (AvgIpc) is 2.93. The zero-order valence-corrected chi connectivity index (χ0v) is 22.7. The lowest BCUT2D eigenvalue weighted by molar-refractivity contribution is -0.140. The summed E-state index contributed by atoms with van der Waals surface area (Å²) in [4.78, 5) is 28.5. The maximum Gasteiger partial charge on any atom is 0.264 e. The smallest absolute Gasteiger partial charge is 0.264 e. The van der Waals surface area contributed by atoms with Crippen LogP contribution >= 0.6 is 0 Å². The fraction of sp³-hybridized carbons (Fsp3) is 0.310. The third-order valence-electron chi connectivity index (χ3n) is 6.31. The van der Waals surface area contributed by atoms with Crippen LogP contribution in [0, 0.1) is 5.82 Å². The van der Waals surface area contributed by atoms with Gasteiger partial charge in [-0.3, -0.25) is 13.9 Å². The standard InChI is InChI=1S/C29H34FN3O4S/c1-4-22(3)31-29(35)27(5-2)32(20-23-16-18-24(30)19-17-23)28(34)21-33(25-12-8-6-9-13-25)38(36,37)26-14-10-7-11-15-26/h6-19,22,27H,4-5,20-21H2,1-3H3,(H,31,35). The van der Waals surface area contributed by atoms with Gasteiger partial charge in [-0.1, -0.05) is 62.4 Å². The molecule has 0 aliphatic rings. The summed E-state index contributed by atoms with van der Waals surface area (Å²) in [7, 11) is -4.10. The molecule has 0 saturated carbocycles. The predicted molar refractivity (Wildman–Crippen MR) is 146 cm³/mol. The quantitative estimate of drug-likeness (QED) is 0.360. The highest BCUT2D eigenvalue weighted by molar-refractivity contribution is 7.92. The van der Waals surface area contributed by atoms with E-state index >= 15 is 0 Å². The molecule has 38 heavy (non-hydrogen) atoms. The molecule has 0 aliphatic heterocycles. The van der Waals surface area contributed by atoms with Crippen LogP contribution in [0.3, 0.4) is 0 Å². The third-order valence-corrected chi connectivity index (χ3v) is 8.10. The van der Waals surface area contributed by atoms with E-state index in [2.05, 4.69) is 5.32 Å². The second kappa shape index (κ2) is 13.2. The van der Waals surface area contributed by atoms with Crippen molar-refractivity contribution < 1.29 is 22.4 Å². The first-order valence-electron chi connectivity index (χ1n) is 12.6. The van der Waals surface area contributed by atoms with E-state index in [0.29, 0.717) is 24.1 Å². The van der Waals surface area contributed by atoms with Crippen molar-refractivity contribution in [1.29, 1.82) is 0 Å². The summed E-state index contributed by atoms with van der Waals surface area (Å²) in [6, 6.07) is 21.0. The number of amides is 2. The number of carbonyl (C=O) groups excluding carboxylic acids is 2. The maximum absolute atomic E-state index is 13.9. The monoisotopic (exact) mass is 539 g/mol. The fourth-order valence-electron chi connectivity index (χ4n) is 3.99. The lowest BCUT2D eigenvalue weighted by Crippen LogP contribution is -2.53. The van der Waals surface area contributed by atoms with Gasteiger partial charge in [-0.15, -0.1) is 0 Å². The highest BCUT2D eigenvalue weighted by Gasteiger charge is 2.33. The highest BCUT2D eigenvalue weighted by atomic mass is 32.2. The SMILES string of the molecule is CCC(C)NC(=O)C(CC)N(Cc1ccc(F)cc1)C(=O)CN(c1ccccc1)S(=O)(=O)c1ccccc1. The van der Waals surface area contributed by atoms with Crippen LogP contribution in [0.25, 0.3) is 0 Å². The summed E-state index contributed by atoms with van der Waals surface area (Å²) in [6.45, 7) is 5.11. The Hall–Kier alpha value is -3.72. The van der Waals surface area contributed by atoms with Gasteiger partial charge in [0.05, 0.1) is 10.6 Å². The number of carbonyl (C=O) groups is 2. The maximum atomic E-state index is 13.9. The van der Waals surface area contributed by atoms with Crippen LogP contribution < -0.4 is 9.62 Å². The van der Waals surface area contributed by atoms with Crippen LogP contribution in [0.15, 0.2) is 89.8 Å². The number of nitrogens with zero attached hydrogens (tertiary/aromatic N) is 2. The minimum atomic E-state index is -4.10. The molecule has 0 saturated heterocycles. The fourth-order valence-corrected chi connectivity index (χ4v) is 5.43. The van der Waals surface area contributed by atoms with Crippen LogP contribution in [-0.2, 0) is 26.2 Å². The Bertz CT molecular complexity index is 1300. The number of hydrogen-bond acceptors (Lipinski definition) is 4. The van der Waals surface area contributed by atoms with Crippen LogP contribution in [0.1, 0.15) is 39.2 Å². The van der Waals surface area contributed by atoms with Crippen LogP contribution in [0.4, 0.5) is 10.1 Å². The molecule has 0 spiro atoms. The van der Waals surface area contributed by atoms with Gasteiger partial charge in [0.25, 0.3) is 10.0 Å². The molecule has 7 nitrogen and oxygen atoms in total. The molecule has 0 aliphatic carbocycles. The van der Waals surface area contributed by atoms with Crippen LogP contribution in [0.2, 0.25) is 0 Å². The molecule has 202 valence electrons. The van der Waals surface area contributed by atoms with Crippen molar-refractivity contribution in [3.8, 4) is 0 Å². The molecule has 2 atom stereocenters. The van der Waals surface area contributed by atoms with E-state index in [4.69, 9.17) is 0 Å². The van der Waals surface area contributed by atoms with Crippen molar-refractivity contribution in [3.05, 3.63) is 96.3 Å². The molecule has 9 heteroatoms. The summed E-state index contributed by atoms with van der Waals surface area (Å²) >= 11 is 0. The van der Waals surface area contributed by atoms with Crippen molar-refractivity contribution in [1.82, 2.24) is 10.2 Å². The molecule has 0 bridgehead atoms. The second-order valence-electron chi connectivity index (χ2n) is 9.05. The van der Waals surface area contributed by atoms with Crippen molar-refractivity contribution in [2.45, 2.75) is 57.1 Å². The molecular formula is C29H34FN3O4S. The van der Waals surface area contributed by atoms with E-state index in [9.17, 15) is 22.4 Å². The van der Waals surface area contributed by atoms with Gasteiger partial charge in [-0.05, 0) is 61.7 Å². The van der Waals surface area contributed by atoms with Crippen LogP contribution in [0.5, 0.6) is 0 Å². The molecule has 2 amide bonds. The molecule has 2 unspecified atom stereocenters. The van der Waals surface area contributed by atoms with Gasteiger partial charge in [0.1, 0.15) is 18.4 Å². The number of hydrogen-bond donors (Lipinski definition) is 1. The topological polar surface area (TPSA) is 86.8 Å². The average molecular weight is 540 g/mol. The van der Waals surface area contributed by atoms with Gasteiger partial charge in [0.2, 0.25) is 11.8 Å². The van der Waals surface area contributed by atoms with E-state index < -0.39 is 34.3 Å². The Balaban J connectivity index is 2.01. The molecular weight excluding hydrogens is 505 g/mol. The van der Waals surface area contributed by atoms with E-state index in [-0.39, 0.29) is 23.4 Å². The lowest BCUT2D eigenvalue weighted by atomic mass is 10.1. The largest absolute Gasteiger partial charge is 0.352 e. The molecule has 0 aromatic heterocycles. The molecule has 0 radical (unpaired) electrons. The lowest BCUT2D eigenvalue weighted by Gasteiger charge is -2.33. The van der Waals surface area contributed by atoms with Crippen molar-refractivity contribution in [2.75, 3.05) is 10.8 Å². The van der Waals surface area contributed by atoms with E-state index in [1.807, 2.05) is 13.8 Å². The van der Waals surface area contributed by atoms with Crippen LogP contribution in [-0.4, -0.2) is 43.8 Å². The van der Waals surface area contributed by atoms with Crippen molar-refractivity contribution in [3.63, 3.8) is 0 Å². The summed E-state index contributed by atoms with van der Waals surface area (Å²) in [6.07, 6.45) is 1.02. The Morgan fingerprint density at radius 3 is 2.00 bits per heavy atom. The molecule has 3 rings (SSSR count). The van der Waals surface area contributed by atoms with E-state index in [1.54, 1.807) is 67.6 Å². The van der Waals surface area contributed by atoms with E-state index in [1.165, 1.54) is 29.2 Å². The first-order chi connectivity index (χ1) is 18.2. The first kappa shape index (κ1) is 28.8. The summed E-state index contributed by atoms with van der Waals surface area (Å²) < 4.78 is 42.0. The number of halogens is 1. The zero-order valence-electron chi connectivity index (χ0n) is 21.9. The Morgan fingerprint density at radius 1 is 0.868 bits per heavy atom. The number of benzene rings is 3. The molecule has 0 fully saturated rings. The van der Waals surface area contributed by atoms with Crippen molar-refractivity contribution >= 4 is 27.5 Å². The summed E-state index contributed by atoms with van der Waals surface area (Å²) in [5, 5.41) is 2.93. The Labute approximate surface area is 224 Å². The zero-order chi connectivity index (χ0) is 27.7. The number of para-hydroxylation sites is 1. The van der Waals surface area contributed by atoms with Gasteiger partial charge < -0.3 is 10.2 Å². The van der Waals surface area contributed by atoms with Gasteiger partial charge in [-0.2, -0.15) is 0 Å². The number of anilines is 1. The van der Waals surface area contributed by atoms with E-state index in [0.717, 1.165) is 4.31 Å². The van der Waals surface area contributed by atoms with Gasteiger partial charge >= 0.3 is 0 Å². The number of sulfonamides is 1. The molecule has 3 aromatic carbocycles. The highest BCUT2D eigenvalue weighted by Crippen LogP contribution is 2.24. The number of rotatable bonds is 12.